The Kier molecular flexibility index (Phi) is 1.53. The van der Waals surface area contributed by atoms with E-state index in [1.54, 1.807) is 0 Å². The first-order valence-corrected chi connectivity index (χ1v) is 6.00. The molecule has 0 atom stereocenters. The van der Waals surface area contributed by atoms with Crippen LogP contribution < -0.4 is 3.07 Å². The monoisotopic (exact) mass is 318 g/mol. The predicted octanol–water partition coefficient (Wildman–Crippen LogP) is 1.34. The van der Waals surface area contributed by atoms with Gasteiger partial charge in [0.05, 0.1) is 0 Å². The Hall–Kier alpha value is -0.305. The average Bonchev–Trinajstić information content (AvgIpc) is 2.33. The van der Waals surface area contributed by atoms with Gasteiger partial charge in [-0.2, -0.15) is 0 Å². The zero-order valence-corrected chi connectivity index (χ0v) is 11.1. The summed E-state index contributed by atoms with van der Waals surface area (Å²) < 4.78 is 1.51. The summed E-state index contributed by atoms with van der Waals surface area (Å²) in [4.78, 5) is 3.17. The summed E-state index contributed by atoms with van der Waals surface area (Å²) in [6.07, 6.45) is 1.98. The third-order valence-electron chi connectivity index (χ3n) is 1.62. The maximum absolute atomic E-state index is 3.17. The quantitative estimate of drug-likeness (QED) is 0.706. The standard InChI is InChI=1S/C8H6N.Hg/c1-2-4-8-7(3-1)5-6-9-8;/h2-6,9H;/q;+1. The van der Waals surface area contributed by atoms with Crippen LogP contribution in [0, 0.1) is 0 Å². The summed E-state index contributed by atoms with van der Waals surface area (Å²) in [5, 5.41) is 1.34. The Morgan fingerprint density at radius 3 is 3.00 bits per heavy atom. The van der Waals surface area contributed by atoms with Gasteiger partial charge in [0.2, 0.25) is 0 Å². The molecule has 0 saturated carbocycles. The number of hydrogen-bond donors (Lipinski definition) is 1. The van der Waals surface area contributed by atoms with E-state index in [0.29, 0.717) is 0 Å². The Morgan fingerprint density at radius 1 is 1.20 bits per heavy atom. The second-order valence-corrected chi connectivity index (χ2v) is 5.57. The Balaban J connectivity index is 2.86. The molecule has 0 radical (unpaired) electrons. The van der Waals surface area contributed by atoms with E-state index >= 15 is 0 Å². The van der Waals surface area contributed by atoms with Gasteiger partial charge in [-0.15, -0.1) is 0 Å². The van der Waals surface area contributed by atoms with Gasteiger partial charge in [0.15, 0.2) is 0 Å². The van der Waals surface area contributed by atoms with Gasteiger partial charge < -0.3 is 0 Å². The van der Waals surface area contributed by atoms with Crippen LogP contribution in [0.4, 0.5) is 0 Å². The average molecular weight is 317 g/mol. The molecule has 1 aromatic carbocycles. The van der Waals surface area contributed by atoms with Crippen molar-refractivity contribution in [1.29, 1.82) is 0 Å². The summed E-state index contributed by atoms with van der Waals surface area (Å²) in [7, 11) is 0. The normalized spacial score (nSPS) is 10.6. The van der Waals surface area contributed by atoms with Crippen molar-refractivity contribution in [3.63, 3.8) is 0 Å². The molecule has 1 nitrogen and oxygen atoms in total. The third kappa shape index (κ3) is 0.987. The summed E-state index contributed by atoms with van der Waals surface area (Å²) >= 11 is 0.756. The molecule has 0 fully saturated rings. The van der Waals surface area contributed by atoms with E-state index in [1.165, 1.54) is 14.0 Å². The summed E-state index contributed by atoms with van der Waals surface area (Å²) in [5.41, 5.74) is 1.24. The second kappa shape index (κ2) is 2.38. The molecule has 0 amide bonds. The van der Waals surface area contributed by atoms with Gasteiger partial charge in [-0.1, -0.05) is 0 Å². The first kappa shape index (κ1) is 6.41. The van der Waals surface area contributed by atoms with Gasteiger partial charge in [0, 0.05) is 0 Å². The summed E-state index contributed by atoms with van der Waals surface area (Å²) in [6.45, 7) is 0. The molecule has 0 aliphatic rings. The first-order valence-electron chi connectivity index (χ1n) is 3.25. The van der Waals surface area contributed by atoms with Gasteiger partial charge in [-0.05, 0) is 0 Å². The van der Waals surface area contributed by atoms with Crippen molar-refractivity contribution < 1.29 is 26.1 Å². The zero-order chi connectivity index (χ0) is 6.97. The molecule has 2 aromatic rings. The Bertz CT molecular complexity index is 351. The van der Waals surface area contributed by atoms with Crippen molar-refractivity contribution in [2.24, 2.45) is 0 Å². The van der Waals surface area contributed by atoms with E-state index in [2.05, 4.69) is 29.2 Å². The zero-order valence-electron chi connectivity index (χ0n) is 5.59. The molecule has 0 bridgehead atoms. The fourth-order valence-electron chi connectivity index (χ4n) is 1.10. The van der Waals surface area contributed by atoms with Gasteiger partial charge in [-0.25, -0.2) is 0 Å². The number of nitrogens with one attached hydrogen (secondary N) is 1. The Morgan fingerprint density at radius 2 is 2.10 bits per heavy atom. The van der Waals surface area contributed by atoms with E-state index in [-0.39, 0.29) is 0 Å². The molecule has 0 aliphatic carbocycles. The van der Waals surface area contributed by atoms with Crippen LogP contribution in [-0.2, 0) is 26.1 Å². The van der Waals surface area contributed by atoms with E-state index in [0.717, 1.165) is 26.1 Å². The number of fused-ring (bicyclic) bond motifs is 1. The predicted molar refractivity (Wildman–Crippen MR) is 37.9 cm³/mol. The Labute approximate surface area is 75.4 Å². The number of benzene rings is 1. The van der Waals surface area contributed by atoms with Crippen molar-refractivity contribution in [2.45, 2.75) is 0 Å². The number of aromatic nitrogens is 1. The van der Waals surface area contributed by atoms with Crippen LogP contribution in [-0.4, -0.2) is 4.98 Å². The third-order valence-corrected chi connectivity index (χ3v) is 3.33. The molecule has 1 heterocycles. The molecule has 2 rings (SSSR count). The molecule has 0 aliphatic heterocycles. The van der Waals surface area contributed by atoms with Crippen molar-refractivity contribution in [1.82, 2.24) is 4.98 Å². The van der Waals surface area contributed by atoms with Crippen molar-refractivity contribution in [3.05, 3.63) is 30.5 Å². The van der Waals surface area contributed by atoms with Crippen LogP contribution in [0.5, 0.6) is 0 Å². The van der Waals surface area contributed by atoms with Crippen LogP contribution >= 0.6 is 0 Å². The number of H-pyrrole nitrogens is 1. The van der Waals surface area contributed by atoms with Crippen molar-refractivity contribution in [2.75, 3.05) is 0 Å². The molecular formula is C8H6HgN+. The summed E-state index contributed by atoms with van der Waals surface area (Å²) in [6, 6.07) is 8.72. The van der Waals surface area contributed by atoms with Gasteiger partial charge in [0.25, 0.3) is 0 Å². The van der Waals surface area contributed by atoms with Crippen molar-refractivity contribution in [3.8, 4) is 0 Å². The van der Waals surface area contributed by atoms with Crippen LogP contribution in [0.3, 0.4) is 0 Å². The molecule has 0 saturated heterocycles. The molecule has 2 heteroatoms. The summed E-state index contributed by atoms with van der Waals surface area (Å²) in [5.74, 6) is 0. The van der Waals surface area contributed by atoms with Crippen LogP contribution in [0.15, 0.2) is 30.5 Å². The molecule has 1 N–H and O–H groups in total. The van der Waals surface area contributed by atoms with Gasteiger partial charge in [-0.3, -0.25) is 0 Å². The van der Waals surface area contributed by atoms with Crippen LogP contribution in [0.25, 0.3) is 10.9 Å². The number of rotatable bonds is 0. The molecule has 0 unspecified atom stereocenters. The molecule has 44 valence electrons. The van der Waals surface area contributed by atoms with E-state index < -0.39 is 0 Å². The fraction of sp³-hybridized carbons (Fsp3) is 0. The second-order valence-electron chi connectivity index (χ2n) is 2.40. The fourth-order valence-corrected chi connectivity index (χ4v) is 2.42. The molecular weight excluding hydrogens is 311 g/mol. The minimum atomic E-state index is 0.756. The molecule has 0 spiro atoms. The van der Waals surface area contributed by atoms with Crippen molar-refractivity contribution >= 4 is 14.0 Å². The first-order chi connectivity index (χ1) is 4.86. The van der Waals surface area contributed by atoms with Crippen LogP contribution in [0.2, 0.25) is 0 Å². The van der Waals surface area contributed by atoms with Gasteiger partial charge >= 0.3 is 75.5 Å². The number of aromatic amines is 1. The van der Waals surface area contributed by atoms with E-state index in [1.807, 2.05) is 6.20 Å². The molecule has 10 heavy (non-hydrogen) atoms. The maximum atomic E-state index is 3.17. The van der Waals surface area contributed by atoms with Crippen LogP contribution in [0.1, 0.15) is 0 Å². The van der Waals surface area contributed by atoms with E-state index in [9.17, 15) is 0 Å². The van der Waals surface area contributed by atoms with E-state index in [4.69, 9.17) is 0 Å². The minimum absolute atomic E-state index is 0.756. The topological polar surface area (TPSA) is 15.8 Å². The van der Waals surface area contributed by atoms with Gasteiger partial charge in [0.1, 0.15) is 0 Å². The SMILES string of the molecule is [Hg+][c]1ccc2[nH]ccc2c1. The number of hydrogen-bond acceptors (Lipinski definition) is 0. The molecule has 1 aromatic heterocycles.